The summed E-state index contributed by atoms with van der Waals surface area (Å²) < 4.78 is 0. The number of nitrogens with one attached hydrogen (secondary N) is 1. The topological polar surface area (TPSA) is 78.9 Å². The molecule has 0 bridgehead atoms. The number of hydroxylamine groups is 1. The van der Waals surface area contributed by atoms with Crippen molar-refractivity contribution in [2.45, 2.75) is 6.42 Å². The van der Waals surface area contributed by atoms with Crippen molar-refractivity contribution < 1.29 is 19.5 Å². The van der Waals surface area contributed by atoms with Gasteiger partial charge in [0.25, 0.3) is 0 Å². The summed E-state index contributed by atoms with van der Waals surface area (Å²) in [5, 5.41) is 8.25. The van der Waals surface area contributed by atoms with Gasteiger partial charge in [0.1, 0.15) is 0 Å². The predicted molar refractivity (Wildman–Crippen MR) is 47.3 cm³/mol. The normalized spacial score (nSPS) is 22.2. The fourth-order valence-electron chi connectivity index (χ4n) is 1.40. The van der Waals surface area contributed by atoms with Crippen LogP contribution < -0.4 is 5.48 Å². The molecule has 0 saturated carbocycles. The van der Waals surface area contributed by atoms with Gasteiger partial charge in [-0.25, -0.2) is 10.3 Å². The Bertz CT molecular complexity index is 231. The number of carboxylic acids is 1. The van der Waals surface area contributed by atoms with Crippen LogP contribution in [-0.4, -0.2) is 48.6 Å². The fraction of sp³-hybridized carbons (Fsp3) is 0.750. The molecule has 6 nitrogen and oxygen atoms in total. The number of likely N-dealkylation sites (tertiary alicyclic amines) is 1. The van der Waals surface area contributed by atoms with E-state index in [0.717, 1.165) is 13.0 Å². The van der Waals surface area contributed by atoms with E-state index in [9.17, 15) is 9.59 Å². The number of hydrogen-bond donors (Lipinski definition) is 2. The second kappa shape index (κ2) is 4.92. The van der Waals surface area contributed by atoms with Crippen molar-refractivity contribution in [2.24, 2.45) is 5.92 Å². The zero-order valence-electron chi connectivity index (χ0n) is 8.02. The molecule has 1 fully saturated rings. The molecule has 0 aromatic carbocycles. The quantitative estimate of drug-likeness (QED) is 0.576. The van der Waals surface area contributed by atoms with E-state index in [1.165, 1.54) is 0 Å². The third-order valence-corrected chi connectivity index (χ3v) is 2.13. The molecule has 0 aromatic heterocycles. The molecular weight excluding hydrogens is 188 g/mol. The van der Waals surface area contributed by atoms with E-state index in [1.807, 2.05) is 11.9 Å². The fourth-order valence-corrected chi connectivity index (χ4v) is 1.40. The summed E-state index contributed by atoms with van der Waals surface area (Å²) in [6.07, 6.45) is 0.790. The van der Waals surface area contributed by atoms with E-state index in [-0.39, 0.29) is 11.8 Å². The standard InChI is InChI=1S/C8H14N2O4/c1-10-3-2-6(4-10)8(13)9-14-5-7(11)12/h6H,2-5H2,1H3,(H,9,13)(H,11,12). The molecule has 80 valence electrons. The summed E-state index contributed by atoms with van der Waals surface area (Å²) in [7, 11) is 1.94. The number of carboxylic acid groups (broad SMARTS) is 1. The molecule has 1 rings (SSSR count). The molecule has 0 aromatic rings. The average Bonchev–Trinajstić information content (AvgIpc) is 2.51. The highest BCUT2D eigenvalue weighted by Gasteiger charge is 2.26. The Hall–Kier alpha value is -1.14. The van der Waals surface area contributed by atoms with Crippen LogP contribution in [0, 0.1) is 5.92 Å². The van der Waals surface area contributed by atoms with Crippen LogP contribution >= 0.6 is 0 Å². The van der Waals surface area contributed by atoms with Crippen molar-refractivity contribution in [2.75, 3.05) is 26.7 Å². The minimum Gasteiger partial charge on any atom is -0.479 e. The van der Waals surface area contributed by atoms with Gasteiger partial charge in [0.2, 0.25) is 5.91 Å². The molecule has 2 N–H and O–H groups in total. The number of amides is 1. The lowest BCUT2D eigenvalue weighted by Crippen LogP contribution is -2.33. The summed E-state index contributed by atoms with van der Waals surface area (Å²) in [5.74, 6) is -1.43. The molecule has 1 unspecified atom stereocenters. The van der Waals surface area contributed by atoms with E-state index in [1.54, 1.807) is 0 Å². The van der Waals surface area contributed by atoms with E-state index >= 15 is 0 Å². The van der Waals surface area contributed by atoms with Crippen LogP contribution in [-0.2, 0) is 14.4 Å². The summed E-state index contributed by atoms with van der Waals surface area (Å²) in [6.45, 7) is 1.08. The van der Waals surface area contributed by atoms with Crippen molar-refractivity contribution >= 4 is 11.9 Å². The number of rotatable bonds is 4. The van der Waals surface area contributed by atoms with Gasteiger partial charge in [0, 0.05) is 6.54 Å². The van der Waals surface area contributed by atoms with Crippen molar-refractivity contribution in [3.05, 3.63) is 0 Å². The lowest BCUT2D eigenvalue weighted by Gasteiger charge is -2.09. The Morgan fingerprint density at radius 2 is 2.36 bits per heavy atom. The third-order valence-electron chi connectivity index (χ3n) is 2.13. The lowest BCUT2D eigenvalue weighted by molar-refractivity contribution is -0.150. The summed E-state index contributed by atoms with van der Waals surface area (Å²) in [4.78, 5) is 27.9. The van der Waals surface area contributed by atoms with Crippen LogP contribution in [0.1, 0.15) is 6.42 Å². The van der Waals surface area contributed by atoms with Gasteiger partial charge in [0.05, 0.1) is 5.92 Å². The SMILES string of the molecule is CN1CCC(C(=O)NOCC(=O)O)C1. The van der Waals surface area contributed by atoms with Gasteiger partial charge in [0.15, 0.2) is 6.61 Å². The molecular formula is C8H14N2O4. The number of hydrogen-bond acceptors (Lipinski definition) is 4. The highest BCUT2D eigenvalue weighted by Crippen LogP contribution is 2.13. The minimum atomic E-state index is -1.10. The maximum Gasteiger partial charge on any atom is 0.332 e. The molecule has 6 heteroatoms. The van der Waals surface area contributed by atoms with Crippen LogP contribution in [0.5, 0.6) is 0 Å². The van der Waals surface area contributed by atoms with Crippen molar-refractivity contribution in [3.8, 4) is 0 Å². The maximum absolute atomic E-state index is 11.3. The molecule has 1 atom stereocenters. The van der Waals surface area contributed by atoms with Gasteiger partial charge < -0.3 is 10.0 Å². The van der Waals surface area contributed by atoms with Gasteiger partial charge in [-0.15, -0.1) is 0 Å². The van der Waals surface area contributed by atoms with Crippen LogP contribution in [0.15, 0.2) is 0 Å². The van der Waals surface area contributed by atoms with Gasteiger partial charge >= 0.3 is 5.97 Å². The van der Waals surface area contributed by atoms with Crippen LogP contribution in [0.25, 0.3) is 0 Å². The summed E-state index contributed by atoms with van der Waals surface area (Å²) in [6, 6.07) is 0. The van der Waals surface area contributed by atoms with Gasteiger partial charge in [-0.1, -0.05) is 0 Å². The lowest BCUT2D eigenvalue weighted by atomic mass is 10.1. The predicted octanol–water partition coefficient (Wildman–Crippen LogP) is -0.929. The molecule has 0 radical (unpaired) electrons. The number of carbonyl (C=O) groups is 2. The number of aliphatic carboxylic acids is 1. The van der Waals surface area contributed by atoms with Gasteiger partial charge in [-0.2, -0.15) is 0 Å². The zero-order chi connectivity index (χ0) is 10.6. The van der Waals surface area contributed by atoms with Crippen molar-refractivity contribution in [3.63, 3.8) is 0 Å². The molecule has 1 saturated heterocycles. The third kappa shape index (κ3) is 3.31. The molecule has 0 aliphatic carbocycles. The summed E-state index contributed by atoms with van der Waals surface area (Å²) in [5.41, 5.74) is 2.13. The molecule has 1 amide bonds. The van der Waals surface area contributed by atoms with E-state index in [2.05, 4.69) is 10.3 Å². The number of carbonyl (C=O) groups excluding carboxylic acids is 1. The Morgan fingerprint density at radius 1 is 1.64 bits per heavy atom. The van der Waals surface area contributed by atoms with E-state index < -0.39 is 12.6 Å². The van der Waals surface area contributed by atoms with Crippen molar-refractivity contribution in [1.82, 2.24) is 10.4 Å². The second-order valence-corrected chi connectivity index (χ2v) is 3.40. The molecule has 1 aliphatic heterocycles. The highest BCUT2D eigenvalue weighted by molar-refractivity contribution is 5.78. The Kier molecular flexibility index (Phi) is 3.84. The number of nitrogens with zero attached hydrogens (tertiary/aromatic N) is 1. The largest absolute Gasteiger partial charge is 0.479 e. The first-order chi connectivity index (χ1) is 6.59. The van der Waals surface area contributed by atoms with Crippen LogP contribution in [0.2, 0.25) is 0 Å². The minimum absolute atomic E-state index is 0.0891. The highest BCUT2D eigenvalue weighted by atomic mass is 16.7. The Balaban J connectivity index is 2.18. The van der Waals surface area contributed by atoms with E-state index in [0.29, 0.717) is 6.54 Å². The molecule has 14 heavy (non-hydrogen) atoms. The first kappa shape index (κ1) is 10.9. The smallest absolute Gasteiger partial charge is 0.332 e. The molecule has 0 spiro atoms. The van der Waals surface area contributed by atoms with E-state index in [4.69, 9.17) is 5.11 Å². The first-order valence-electron chi connectivity index (χ1n) is 4.41. The maximum atomic E-state index is 11.3. The van der Waals surface area contributed by atoms with Crippen LogP contribution in [0.3, 0.4) is 0 Å². The van der Waals surface area contributed by atoms with Gasteiger partial charge in [-0.05, 0) is 20.0 Å². The van der Waals surface area contributed by atoms with Gasteiger partial charge in [-0.3, -0.25) is 9.63 Å². The van der Waals surface area contributed by atoms with Crippen LogP contribution in [0.4, 0.5) is 0 Å². The first-order valence-corrected chi connectivity index (χ1v) is 4.41. The Morgan fingerprint density at radius 3 is 2.86 bits per heavy atom. The summed E-state index contributed by atoms with van der Waals surface area (Å²) >= 11 is 0. The second-order valence-electron chi connectivity index (χ2n) is 3.40. The molecule has 1 heterocycles. The average molecular weight is 202 g/mol. The zero-order valence-corrected chi connectivity index (χ0v) is 8.02. The monoisotopic (exact) mass is 202 g/mol. The molecule has 1 aliphatic rings. The Labute approximate surface area is 81.8 Å². The van der Waals surface area contributed by atoms with Crippen molar-refractivity contribution in [1.29, 1.82) is 0 Å².